The Morgan fingerprint density at radius 3 is 2.58 bits per heavy atom. The maximum absolute atomic E-state index is 13.0. The Hall–Kier alpha value is -3.41. The SMILES string of the molecule is COc1ccccc1-c1ccc(N2CCCC(C(=O)N(C)Cc3ccccc3)C2)nn1. The Kier molecular flexibility index (Phi) is 6.46. The normalized spacial score (nSPS) is 16.1. The third-order valence-electron chi connectivity index (χ3n) is 5.77. The molecule has 1 aliphatic rings. The standard InChI is InChI=1S/C25H28N4O2/c1-28(17-19-9-4-3-5-10-19)25(30)20-11-8-16-29(18-20)24-15-14-22(26-27-24)21-12-6-7-13-23(21)31-2/h3-7,9-10,12-15,20H,8,11,16-18H2,1-2H3. The van der Waals surface area contributed by atoms with Crippen LogP contribution in [0.3, 0.4) is 0 Å². The van der Waals surface area contributed by atoms with Crippen LogP contribution in [0.15, 0.2) is 66.7 Å². The van der Waals surface area contributed by atoms with Gasteiger partial charge in [-0.25, -0.2) is 0 Å². The molecular weight excluding hydrogens is 388 g/mol. The number of ether oxygens (including phenoxy) is 1. The van der Waals surface area contributed by atoms with Crippen molar-refractivity contribution in [2.24, 2.45) is 5.92 Å². The van der Waals surface area contributed by atoms with Crippen LogP contribution < -0.4 is 9.64 Å². The summed E-state index contributed by atoms with van der Waals surface area (Å²) in [6.45, 7) is 2.18. The molecule has 0 N–H and O–H groups in total. The first kappa shape index (κ1) is 20.8. The molecule has 1 fully saturated rings. The zero-order valence-corrected chi connectivity index (χ0v) is 18.1. The molecule has 0 spiro atoms. The summed E-state index contributed by atoms with van der Waals surface area (Å²) in [6.07, 6.45) is 1.87. The number of rotatable bonds is 6. The average Bonchev–Trinajstić information content (AvgIpc) is 2.84. The van der Waals surface area contributed by atoms with Gasteiger partial charge in [0.05, 0.1) is 18.7 Å². The van der Waals surface area contributed by atoms with Gasteiger partial charge in [0.2, 0.25) is 5.91 Å². The van der Waals surface area contributed by atoms with Gasteiger partial charge in [0.25, 0.3) is 0 Å². The van der Waals surface area contributed by atoms with Gasteiger partial charge in [-0.15, -0.1) is 10.2 Å². The van der Waals surface area contributed by atoms with E-state index in [1.807, 2.05) is 66.5 Å². The number of amides is 1. The lowest BCUT2D eigenvalue weighted by Crippen LogP contribution is -2.43. The fraction of sp³-hybridized carbons (Fsp3) is 0.320. The van der Waals surface area contributed by atoms with Gasteiger partial charge in [0.15, 0.2) is 5.82 Å². The van der Waals surface area contributed by atoms with E-state index in [0.717, 1.165) is 47.8 Å². The van der Waals surface area contributed by atoms with Crippen LogP contribution in [0.4, 0.5) is 5.82 Å². The van der Waals surface area contributed by atoms with Crippen LogP contribution in [-0.2, 0) is 11.3 Å². The van der Waals surface area contributed by atoms with E-state index >= 15 is 0 Å². The highest BCUT2D eigenvalue weighted by Gasteiger charge is 2.28. The molecule has 4 rings (SSSR count). The summed E-state index contributed by atoms with van der Waals surface area (Å²) in [7, 11) is 3.54. The number of anilines is 1. The molecule has 1 aromatic heterocycles. The van der Waals surface area contributed by atoms with Crippen LogP contribution in [0, 0.1) is 5.92 Å². The zero-order valence-electron chi connectivity index (χ0n) is 18.1. The highest BCUT2D eigenvalue weighted by Crippen LogP contribution is 2.29. The van der Waals surface area contributed by atoms with Gasteiger partial charge in [0, 0.05) is 32.2 Å². The number of methoxy groups -OCH3 is 1. The lowest BCUT2D eigenvalue weighted by molar-refractivity contribution is -0.135. The van der Waals surface area contributed by atoms with E-state index in [9.17, 15) is 4.79 Å². The average molecular weight is 417 g/mol. The molecule has 2 heterocycles. The van der Waals surface area contributed by atoms with Crippen molar-refractivity contribution < 1.29 is 9.53 Å². The van der Waals surface area contributed by atoms with Crippen molar-refractivity contribution in [2.45, 2.75) is 19.4 Å². The molecule has 31 heavy (non-hydrogen) atoms. The highest BCUT2D eigenvalue weighted by molar-refractivity contribution is 5.79. The molecule has 160 valence electrons. The Morgan fingerprint density at radius 2 is 1.84 bits per heavy atom. The minimum absolute atomic E-state index is 0.0295. The van der Waals surface area contributed by atoms with Crippen molar-refractivity contribution in [3.63, 3.8) is 0 Å². The molecule has 1 aliphatic heterocycles. The number of hydrogen-bond donors (Lipinski definition) is 0. The highest BCUT2D eigenvalue weighted by atomic mass is 16.5. The number of piperidine rings is 1. The maximum Gasteiger partial charge on any atom is 0.227 e. The fourth-order valence-corrected chi connectivity index (χ4v) is 4.13. The number of hydrogen-bond acceptors (Lipinski definition) is 5. The number of benzene rings is 2. The minimum atomic E-state index is -0.0295. The van der Waals surface area contributed by atoms with Gasteiger partial charge in [0.1, 0.15) is 5.75 Å². The van der Waals surface area contributed by atoms with E-state index in [0.29, 0.717) is 13.1 Å². The second kappa shape index (κ2) is 9.60. The number of nitrogens with zero attached hydrogens (tertiary/aromatic N) is 4. The Balaban J connectivity index is 1.43. The summed E-state index contributed by atoms with van der Waals surface area (Å²) >= 11 is 0. The topological polar surface area (TPSA) is 58.6 Å². The van der Waals surface area contributed by atoms with Crippen LogP contribution in [0.1, 0.15) is 18.4 Å². The fourth-order valence-electron chi connectivity index (χ4n) is 4.13. The van der Waals surface area contributed by atoms with Crippen LogP contribution in [0.5, 0.6) is 5.75 Å². The zero-order chi connectivity index (χ0) is 21.6. The smallest absolute Gasteiger partial charge is 0.227 e. The van der Waals surface area contributed by atoms with E-state index in [1.165, 1.54) is 0 Å². The second-order valence-electron chi connectivity index (χ2n) is 7.94. The largest absolute Gasteiger partial charge is 0.496 e. The predicted octanol–water partition coefficient (Wildman–Crippen LogP) is 4.03. The van der Waals surface area contributed by atoms with Crippen LogP contribution in [0.2, 0.25) is 0 Å². The Bertz CT molecular complexity index is 1010. The van der Waals surface area contributed by atoms with Gasteiger partial charge < -0.3 is 14.5 Å². The number of aromatic nitrogens is 2. The van der Waals surface area contributed by atoms with E-state index in [4.69, 9.17) is 4.74 Å². The molecule has 0 radical (unpaired) electrons. The van der Waals surface area contributed by atoms with E-state index < -0.39 is 0 Å². The Morgan fingerprint density at radius 1 is 1.06 bits per heavy atom. The van der Waals surface area contributed by atoms with Gasteiger partial charge in [-0.2, -0.15) is 0 Å². The number of carbonyl (C=O) groups is 1. The molecule has 1 saturated heterocycles. The second-order valence-corrected chi connectivity index (χ2v) is 7.94. The summed E-state index contributed by atoms with van der Waals surface area (Å²) in [6, 6.07) is 21.8. The lowest BCUT2D eigenvalue weighted by Gasteiger charge is -2.34. The molecule has 0 aliphatic carbocycles. The van der Waals surface area contributed by atoms with Crippen molar-refractivity contribution in [3.8, 4) is 17.0 Å². The van der Waals surface area contributed by atoms with E-state index in [-0.39, 0.29) is 11.8 Å². The van der Waals surface area contributed by atoms with Gasteiger partial charge >= 0.3 is 0 Å². The summed E-state index contributed by atoms with van der Waals surface area (Å²) < 4.78 is 5.43. The summed E-state index contributed by atoms with van der Waals surface area (Å²) in [5, 5.41) is 8.88. The first-order valence-electron chi connectivity index (χ1n) is 10.7. The first-order chi connectivity index (χ1) is 15.2. The van der Waals surface area contributed by atoms with Crippen molar-refractivity contribution in [1.82, 2.24) is 15.1 Å². The first-order valence-corrected chi connectivity index (χ1v) is 10.7. The van der Waals surface area contributed by atoms with Crippen molar-refractivity contribution in [3.05, 3.63) is 72.3 Å². The molecule has 1 unspecified atom stereocenters. The van der Waals surface area contributed by atoms with Crippen molar-refractivity contribution in [2.75, 3.05) is 32.1 Å². The van der Waals surface area contributed by atoms with Crippen molar-refractivity contribution >= 4 is 11.7 Å². The number of para-hydroxylation sites is 1. The van der Waals surface area contributed by atoms with E-state index in [1.54, 1.807) is 7.11 Å². The predicted molar refractivity (Wildman–Crippen MR) is 122 cm³/mol. The van der Waals surface area contributed by atoms with Crippen LogP contribution in [0.25, 0.3) is 11.3 Å². The third kappa shape index (κ3) is 4.85. The monoisotopic (exact) mass is 416 g/mol. The molecule has 1 amide bonds. The van der Waals surface area contributed by atoms with Gasteiger partial charge in [-0.1, -0.05) is 42.5 Å². The molecule has 2 aromatic carbocycles. The van der Waals surface area contributed by atoms with Gasteiger partial charge in [-0.05, 0) is 42.7 Å². The van der Waals surface area contributed by atoms with Gasteiger partial charge in [-0.3, -0.25) is 4.79 Å². The molecular formula is C25H28N4O2. The Labute approximate surface area is 183 Å². The molecule has 0 saturated carbocycles. The number of carbonyl (C=O) groups excluding carboxylic acids is 1. The summed E-state index contributed by atoms with van der Waals surface area (Å²) in [5.41, 5.74) is 2.83. The summed E-state index contributed by atoms with van der Waals surface area (Å²) in [5.74, 6) is 1.74. The molecule has 1 atom stereocenters. The molecule has 6 heteroatoms. The quantitative estimate of drug-likeness (QED) is 0.607. The lowest BCUT2D eigenvalue weighted by atomic mass is 9.96. The molecule has 0 bridgehead atoms. The van der Waals surface area contributed by atoms with E-state index in [2.05, 4.69) is 27.2 Å². The minimum Gasteiger partial charge on any atom is -0.496 e. The molecule has 3 aromatic rings. The summed E-state index contributed by atoms with van der Waals surface area (Å²) in [4.78, 5) is 17.0. The third-order valence-corrected chi connectivity index (χ3v) is 5.77. The van der Waals surface area contributed by atoms with Crippen LogP contribution in [-0.4, -0.2) is 48.3 Å². The van der Waals surface area contributed by atoms with Crippen LogP contribution >= 0.6 is 0 Å². The maximum atomic E-state index is 13.0. The molecule has 6 nitrogen and oxygen atoms in total. The van der Waals surface area contributed by atoms with Crippen molar-refractivity contribution in [1.29, 1.82) is 0 Å².